The van der Waals surface area contributed by atoms with Gasteiger partial charge in [-0.2, -0.15) is 0 Å². The summed E-state index contributed by atoms with van der Waals surface area (Å²) >= 11 is 0. The smallest absolute Gasteiger partial charge is 0.314 e. The summed E-state index contributed by atoms with van der Waals surface area (Å²) in [4.78, 5) is 11.1. The van der Waals surface area contributed by atoms with Gasteiger partial charge in [0, 0.05) is 13.1 Å². The first-order chi connectivity index (χ1) is 6.24. The van der Waals surface area contributed by atoms with Crippen LogP contribution in [0.5, 0.6) is 0 Å². The summed E-state index contributed by atoms with van der Waals surface area (Å²) in [5, 5.41) is 5.69. The van der Waals surface area contributed by atoms with E-state index in [1.165, 1.54) is 12.8 Å². The van der Waals surface area contributed by atoms with Crippen molar-refractivity contribution in [2.45, 2.75) is 33.1 Å². The van der Waals surface area contributed by atoms with Gasteiger partial charge in [-0.1, -0.05) is 13.8 Å². The first-order valence-electron chi connectivity index (χ1n) is 5.25. The maximum atomic E-state index is 11.1. The molecule has 3 nitrogen and oxygen atoms in total. The summed E-state index contributed by atoms with van der Waals surface area (Å²) < 4.78 is 0. The molecule has 1 aliphatic carbocycles. The van der Waals surface area contributed by atoms with Crippen molar-refractivity contribution in [1.82, 2.24) is 10.6 Å². The van der Waals surface area contributed by atoms with Crippen LogP contribution in [0.4, 0.5) is 4.79 Å². The molecular formula is C10H20N2O. The van der Waals surface area contributed by atoms with Gasteiger partial charge in [0.1, 0.15) is 0 Å². The number of hydrogen-bond donors (Lipinski definition) is 2. The third-order valence-electron chi connectivity index (χ3n) is 2.55. The lowest BCUT2D eigenvalue weighted by molar-refractivity contribution is 0.238. The van der Waals surface area contributed by atoms with Crippen molar-refractivity contribution in [3.63, 3.8) is 0 Å². The molecule has 76 valence electrons. The van der Waals surface area contributed by atoms with Gasteiger partial charge in [-0.25, -0.2) is 4.79 Å². The van der Waals surface area contributed by atoms with Gasteiger partial charge in [0.25, 0.3) is 0 Å². The molecule has 1 fully saturated rings. The highest BCUT2D eigenvalue weighted by molar-refractivity contribution is 5.73. The zero-order valence-corrected chi connectivity index (χ0v) is 8.60. The van der Waals surface area contributed by atoms with Crippen molar-refractivity contribution in [2.24, 2.45) is 11.8 Å². The van der Waals surface area contributed by atoms with Gasteiger partial charge in [0.2, 0.25) is 0 Å². The molecule has 1 saturated carbocycles. The molecule has 1 atom stereocenters. The fourth-order valence-corrected chi connectivity index (χ4v) is 1.39. The molecule has 0 aliphatic heterocycles. The third-order valence-corrected chi connectivity index (χ3v) is 2.55. The van der Waals surface area contributed by atoms with Crippen molar-refractivity contribution < 1.29 is 4.79 Å². The molecule has 0 bridgehead atoms. The molecule has 0 saturated heterocycles. The zero-order chi connectivity index (χ0) is 9.68. The third kappa shape index (κ3) is 4.15. The number of carbonyl (C=O) groups is 1. The van der Waals surface area contributed by atoms with Gasteiger partial charge in [-0.3, -0.25) is 0 Å². The summed E-state index contributed by atoms with van der Waals surface area (Å²) in [7, 11) is 0. The first-order valence-corrected chi connectivity index (χ1v) is 5.25. The van der Waals surface area contributed by atoms with Crippen LogP contribution < -0.4 is 10.6 Å². The number of hydrogen-bond acceptors (Lipinski definition) is 1. The van der Waals surface area contributed by atoms with Gasteiger partial charge in [-0.05, 0) is 31.1 Å². The van der Waals surface area contributed by atoms with E-state index in [0.717, 1.165) is 25.4 Å². The fraction of sp³-hybridized carbons (Fsp3) is 0.900. The first kappa shape index (κ1) is 10.4. The van der Waals surface area contributed by atoms with E-state index in [2.05, 4.69) is 17.6 Å². The average molecular weight is 184 g/mol. The summed E-state index contributed by atoms with van der Waals surface area (Å²) in [6, 6.07) is -0.0191. The molecule has 2 amide bonds. The normalized spacial score (nSPS) is 18.0. The minimum absolute atomic E-state index is 0.0191. The summed E-state index contributed by atoms with van der Waals surface area (Å²) in [5.74, 6) is 1.51. The molecule has 0 radical (unpaired) electrons. The second kappa shape index (κ2) is 5.10. The topological polar surface area (TPSA) is 41.1 Å². The van der Waals surface area contributed by atoms with E-state index < -0.39 is 0 Å². The standard InChI is InChI=1S/C10H20N2O/c1-3-6-11-10(13)12-7-8(2)9-4-5-9/h8-9H,3-7H2,1-2H3,(H2,11,12,13). The van der Waals surface area contributed by atoms with E-state index >= 15 is 0 Å². The highest BCUT2D eigenvalue weighted by atomic mass is 16.2. The van der Waals surface area contributed by atoms with E-state index in [1.807, 2.05) is 6.92 Å². The Balaban J connectivity index is 2.00. The van der Waals surface area contributed by atoms with Crippen LogP contribution in [0, 0.1) is 11.8 Å². The quantitative estimate of drug-likeness (QED) is 0.671. The SMILES string of the molecule is CCCNC(=O)NCC(C)C1CC1. The largest absolute Gasteiger partial charge is 0.338 e. The predicted molar refractivity (Wildman–Crippen MR) is 53.6 cm³/mol. The Kier molecular flexibility index (Phi) is 4.06. The van der Waals surface area contributed by atoms with Crippen molar-refractivity contribution in [3.8, 4) is 0 Å². The molecule has 1 aliphatic rings. The van der Waals surface area contributed by atoms with Crippen LogP contribution in [0.25, 0.3) is 0 Å². The second-order valence-corrected chi connectivity index (χ2v) is 3.95. The Hall–Kier alpha value is -0.730. The van der Waals surface area contributed by atoms with Crippen molar-refractivity contribution in [2.75, 3.05) is 13.1 Å². The van der Waals surface area contributed by atoms with Crippen LogP contribution >= 0.6 is 0 Å². The van der Waals surface area contributed by atoms with E-state index in [0.29, 0.717) is 5.92 Å². The lowest BCUT2D eigenvalue weighted by atomic mass is 10.1. The number of carbonyl (C=O) groups excluding carboxylic acids is 1. The van der Waals surface area contributed by atoms with Crippen molar-refractivity contribution >= 4 is 6.03 Å². The van der Waals surface area contributed by atoms with E-state index in [-0.39, 0.29) is 6.03 Å². The predicted octanol–water partition coefficient (Wildman–Crippen LogP) is 1.74. The van der Waals surface area contributed by atoms with Gasteiger partial charge in [0.15, 0.2) is 0 Å². The summed E-state index contributed by atoms with van der Waals surface area (Å²) in [6.45, 7) is 5.84. The average Bonchev–Trinajstić information content (AvgIpc) is 2.93. The molecule has 0 aromatic heterocycles. The zero-order valence-electron chi connectivity index (χ0n) is 8.60. The highest BCUT2D eigenvalue weighted by Crippen LogP contribution is 2.35. The summed E-state index contributed by atoms with van der Waals surface area (Å²) in [5.41, 5.74) is 0. The van der Waals surface area contributed by atoms with E-state index in [1.54, 1.807) is 0 Å². The van der Waals surface area contributed by atoms with Crippen LogP contribution in [-0.4, -0.2) is 19.1 Å². The van der Waals surface area contributed by atoms with Crippen molar-refractivity contribution in [1.29, 1.82) is 0 Å². The number of urea groups is 1. The van der Waals surface area contributed by atoms with Crippen LogP contribution in [0.15, 0.2) is 0 Å². The molecule has 1 rings (SSSR count). The number of rotatable bonds is 5. The van der Waals surface area contributed by atoms with Crippen molar-refractivity contribution in [3.05, 3.63) is 0 Å². The van der Waals surface area contributed by atoms with Gasteiger partial charge < -0.3 is 10.6 Å². The van der Waals surface area contributed by atoms with Gasteiger partial charge >= 0.3 is 6.03 Å². The fourth-order valence-electron chi connectivity index (χ4n) is 1.39. The van der Waals surface area contributed by atoms with Crippen LogP contribution in [0.2, 0.25) is 0 Å². The molecular weight excluding hydrogens is 164 g/mol. The summed E-state index contributed by atoms with van der Waals surface area (Å²) in [6.07, 6.45) is 3.68. The minimum Gasteiger partial charge on any atom is -0.338 e. The molecule has 3 heteroatoms. The molecule has 2 N–H and O–H groups in total. The molecule has 0 spiro atoms. The lowest BCUT2D eigenvalue weighted by Crippen LogP contribution is -2.38. The maximum absolute atomic E-state index is 11.1. The molecule has 13 heavy (non-hydrogen) atoms. The molecule has 0 aromatic carbocycles. The van der Waals surface area contributed by atoms with E-state index in [4.69, 9.17) is 0 Å². The number of nitrogens with one attached hydrogen (secondary N) is 2. The Morgan fingerprint density at radius 1 is 1.46 bits per heavy atom. The second-order valence-electron chi connectivity index (χ2n) is 3.95. The van der Waals surface area contributed by atoms with Crippen LogP contribution in [0.3, 0.4) is 0 Å². The number of amides is 2. The Labute approximate surface area is 80.3 Å². The monoisotopic (exact) mass is 184 g/mol. The lowest BCUT2D eigenvalue weighted by Gasteiger charge is -2.11. The molecule has 1 unspecified atom stereocenters. The molecule has 0 aromatic rings. The minimum atomic E-state index is -0.0191. The van der Waals surface area contributed by atoms with Crippen LogP contribution in [-0.2, 0) is 0 Å². The van der Waals surface area contributed by atoms with E-state index in [9.17, 15) is 4.79 Å². The highest BCUT2D eigenvalue weighted by Gasteiger charge is 2.27. The Bertz CT molecular complexity index is 166. The maximum Gasteiger partial charge on any atom is 0.314 e. The Morgan fingerprint density at radius 2 is 2.15 bits per heavy atom. The van der Waals surface area contributed by atoms with Gasteiger partial charge in [0.05, 0.1) is 0 Å². The molecule has 0 heterocycles. The van der Waals surface area contributed by atoms with Gasteiger partial charge in [-0.15, -0.1) is 0 Å². The van der Waals surface area contributed by atoms with Crippen LogP contribution in [0.1, 0.15) is 33.1 Å². The Morgan fingerprint density at radius 3 is 2.69 bits per heavy atom.